The van der Waals surface area contributed by atoms with Crippen molar-refractivity contribution in [1.82, 2.24) is 20.0 Å². The number of fused-ring (bicyclic) bond motifs is 1. The summed E-state index contributed by atoms with van der Waals surface area (Å²) in [5.41, 5.74) is 0.807. The van der Waals surface area contributed by atoms with Crippen molar-refractivity contribution in [1.29, 1.82) is 0 Å². The van der Waals surface area contributed by atoms with Gasteiger partial charge in [-0.1, -0.05) is 11.6 Å². The van der Waals surface area contributed by atoms with E-state index < -0.39 is 5.82 Å². The van der Waals surface area contributed by atoms with Crippen LogP contribution in [-0.4, -0.2) is 25.1 Å². The summed E-state index contributed by atoms with van der Waals surface area (Å²) in [6.45, 7) is 0. The number of aromatic nitrogens is 4. The minimum absolute atomic E-state index is 0.214. The van der Waals surface area contributed by atoms with Crippen LogP contribution in [0.4, 0.5) is 4.39 Å². The molecule has 0 radical (unpaired) electrons. The summed E-state index contributed by atoms with van der Waals surface area (Å²) >= 11 is 5.84. The van der Waals surface area contributed by atoms with Crippen LogP contribution >= 0.6 is 11.6 Å². The number of hydrogen-bond acceptors (Lipinski definition) is 3. The highest BCUT2D eigenvalue weighted by atomic mass is 35.5. The molecular formula is C10H6ClFN4O. The Hall–Kier alpha value is -2.08. The Labute approximate surface area is 99.4 Å². The van der Waals surface area contributed by atoms with E-state index in [9.17, 15) is 9.50 Å². The van der Waals surface area contributed by atoms with Gasteiger partial charge in [-0.25, -0.2) is 9.07 Å². The number of rotatable bonds is 1. The first-order valence-corrected chi connectivity index (χ1v) is 5.11. The van der Waals surface area contributed by atoms with E-state index in [0.29, 0.717) is 21.9 Å². The van der Waals surface area contributed by atoms with Crippen LogP contribution in [0.5, 0.6) is 5.75 Å². The van der Waals surface area contributed by atoms with Crippen LogP contribution < -0.4 is 0 Å². The minimum Gasteiger partial charge on any atom is -0.506 e. The fraction of sp³-hybridized carbons (Fsp3) is 0. The Kier molecular flexibility index (Phi) is 2.05. The van der Waals surface area contributed by atoms with Crippen LogP contribution in [0.25, 0.3) is 16.7 Å². The van der Waals surface area contributed by atoms with Gasteiger partial charge in [0.2, 0.25) is 0 Å². The first-order chi connectivity index (χ1) is 8.16. The fourth-order valence-electron chi connectivity index (χ4n) is 1.62. The molecule has 3 aromatic rings. The Morgan fingerprint density at radius 2 is 2.24 bits per heavy atom. The van der Waals surface area contributed by atoms with Crippen molar-refractivity contribution < 1.29 is 9.50 Å². The molecule has 0 fully saturated rings. The molecule has 0 unspecified atom stereocenters. The largest absolute Gasteiger partial charge is 0.506 e. The fourth-order valence-corrected chi connectivity index (χ4v) is 1.79. The zero-order valence-electron chi connectivity index (χ0n) is 8.35. The first kappa shape index (κ1) is 10.1. The maximum Gasteiger partial charge on any atom is 0.186 e. The van der Waals surface area contributed by atoms with Gasteiger partial charge in [-0.2, -0.15) is 10.2 Å². The van der Waals surface area contributed by atoms with Crippen LogP contribution in [0.15, 0.2) is 24.4 Å². The molecule has 5 nitrogen and oxygen atoms in total. The van der Waals surface area contributed by atoms with Gasteiger partial charge in [0, 0.05) is 6.07 Å². The molecule has 2 N–H and O–H groups in total. The lowest BCUT2D eigenvalue weighted by Crippen LogP contribution is -1.97. The van der Waals surface area contributed by atoms with Crippen LogP contribution in [-0.2, 0) is 0 Å². The zero-order chi connectivity index (χ0) is 12.0. The summed E-state index contributed by atoms with van der Waals surface area (Å²) in [5, 5.41) is 21.3. The first-order valence-electron chi connectivity index (χ1n) is 4.73. The average molecular weight is 253 g/mol. The zero-order valence-corrected chi connectivity index (χ0v) is 9.11. The van der Waals surface area contributed by atoms with Crippen LogP contribution in [0.1, 0.15) is 0 Å². The van der Waals surface area contributed by atoms with Gasteiger partial charge in [0.1, 0.15) is 22.4 Å². The number of nitrogens with zero attached hydrogens (tertiary/aromatic N) is 3. The number of halogens is 2. The summed E-state index contributed by atoms with van der Waals surface area (Å²) in [6, 6.07) is 3.66. The molecule has 2 heterocycles. The van der Waals surface area contributed by atoms with E-state index in [1.807, 2.05) is 0 Å². The molecule has 86 valence electrons. The van der Waals surface area contributed by atoms with E-state index in [1.165, 1.54) is 23.0 Å². The third kappa shape index (κ3) is 1.45. The number of phenolic OH excluding ortho intramolecular Hbond substituents is 1. The van der Waals surface area contributed by atoms with Gasteiger partial charge in [-0.3, -0.25) is 5.10 Å². The number of nitrogens with one attached hydrogen (secondary N) is 1. The maximum absolute atomic E-state index is 12.9. The van der Waals surface area contributed by atoms with Gasteiger partial charge >= 0.3 is 0 Å². The summed E-state index contributed by atoms with van der Waals surface area (Å²) in [7, 11) is 0. The maximum atomic E-state index is 12.9. The van der Waals surface area contributed by atoms with Crippen molar-refractivity contribution >= 4 is 22.6 Å². The smallest absolute Gasteiger partial charge is 0.186 e. The van der Waals surface area contributed by atoms with E-state index >= 15 is 0 Å². The van der Waals surface area contributed by atoms with E-state index in [-0.39, 0.29) is 5.75 Å². The van der Waals surface area contributed by atoms with Crippen molar-refractivity contribution in [3.05, 3.63) is 35.4 Å². The van der Waals surface area contributed by atoms with Crippen LogP contribution in [0.3, 0.4) is 0 Å². The highest BCUT2D eigenvalue weighted by Gasteiger charge is 2.13. The average Bonchev–Trinajstić information content (AvgIpc) is 2.83. The number of aromatic hydroxyl groups is 1. The van der Waals surface area contributed by atoms with E-state index in [2.05, 4.69) is 15.3 Å². The molecule has 0 spiro atoms. The molecular weight excluding hydrogens is 247 g/mol. The molecule has 17 heavy (non-hydrogen) atoms. The van der Waals surface area contributed by atoms with Gasteiger partial charge in [0.15, 0.2) is 5.65 Å². The topological polar surface area (TPSA) is 66.7 Å². The third-order valence-electron chi connectivity index (χ3n) is 2.41. The lowest BCUT2D eigenvalue weighted by Gasteiger charge is -2.03. The summed E-state index contributed by atoms with van der Waals surface area (Å²) in [6.07, 6.45) is 1.52. The Bertz CT molecular complexity index is 705. The molecule has 0 aliphatic rings. The Balaban J connectivity index is 2.27. The minimum atomic E-state index is -0.519. The molecule has 0 saturated heterocycles. The molecule has 0 amide bonds. The van der Waals surface area contributed by atoms with Crippen molar-refractivity contribution in [2.75, 3.05) is 0 Å². The van der Waals surface area contributed by atoms with Crippen LogP contribution in [0, 0.1) is 5.82 Å². The predicted molar refractivity (Wildman–Crippen MR) is 59.8 cm³/mol. The van der Waals surface area contributed by atoms with Crippen LogP contribution in [0.2, 0.25) is 5.15 Å². The number of benzene rings is 1. The highest BCUT2D eigenvalue weighted by Crippen LogP contribution is 2.27. The number of aromatic amines is 1. The van der Waals surface area contributed by atoms with Gasteiger partial charge in [0.25, 0.3) is 0 Å². The lowest BCUT2D eigenvalue weighted by molar-refractivity contribution is 0.464. The second kappa shape index (κ2) is 3.46. The molecule has 0 atom stereocenters. The quantitative estimate of drug-likeness (QED) is 0.698. The molecule has 7 heteroatoms. The van der Waals surface area contributed by atoms with E-state index in [1.54, 1.807) is 0 Å². The summed E-state index contributed by atoms with van der Waals surface area (Å²) < 4.78 is 14.3. The third-order valence-corrected chi connectivity index (χ3v) is 2.69. The Morgan fingerprint density at radius 1 is 1.41 bits per heavy atom. The normalized spacial score (nSPS) is 11.2. The Morgan fingerprint density at radius 3 is 3.00 bits per heavy atom. The second-order valence-electron chi connectivity index (χ2n) is 3.46. The summed E-state index contributed by atoms with van der Waals surface area (Å²) in [5.74, 6) is -0.733. The van der Waals surface area contributed by atoms with Gasteiger partial charge in [-0.05, 0) is 12.1 Å². The molecule has 0 aliphatic carbocycles. The SMILES string of the molecule is Oc1cc(F)ccc1-n1ncc2c(Cl)[nH]nc21. The number of H-pyrrole nitrogens is 1. The summed E-state index contributed by atoms with van der Waals surface area (Å²) in [4.78, 5) is 0. The molecule has 0 bridgehead atoms. The lowest BCUT2D eigenvalue weighted by atomic mass is 10.3. The molecule has 0 aliphatic heterocycles. The van der Waals surface area contributed by atoms with E-state index in [4.69, 9.17) is 11.6 Å². The molecule has 0 saturated carbocycles. The molecule has 3 rings (SSSR count). The van der Waals surface area contributed by atoms with Crippen molar-refractivity contribution in [3.63, 3.8) is 0 Å². The van der Waals surface area contributed by atoms with E-state index in [0.717, 1.165) is 6.07 Å². The predicted octanol–water partition coefficient (Wildman–Crippen LogP) is 2.25. The van der Waals surface area contributed by atoms with Gasteiger partial charge in [0.05, 0.1) is 11.6 Å². The standard InChI is InChI=1S/C10H6ClFN4O/c11-9-6-4-13-16(10(6)15-14-9)7-2-1-5(12)3-8(7)17/h1-4,17H,(H,14,15). The van der Waals surface area contributed by atoms with Crippen molar-refractivity contribution in [3.8, 4) is 11.4 Å². The number of phenols is 1. The molecule has 1 aromatic carbocycles. The van der Waals surface area contributed by atoms with Gasteiger partial charge in [-0.15, -0.1) is 0 Å². The second-order valence-corrected chi connectivity index (χ2v) is 3.84. The van der Waals surface area contributed by atoms with Crippen molar-refractivity contribution in [2.24, 2.45) is 0 Å². The van der Waals surface area contributed by atoms with Gasteiger partial charge < -0.3 is 5.11 Å². The molecule has 2 aromatic heterocycles. The van der Waals surface area contributed by atoms with Crippen molar-refractivity contribution in [2.45, 2.75) is 0 Å². The monoisotopic (exact) mass is 252 g/mol. The number of hydrogen-bond donors (Lipinski definition) is 2. The highest BCUT2D eigenvalue weighted by molar-refractivity contribution is 6.34.